The summed E-state index contributed by atoms with van der Waals surface area (Å²) in [4.78, 5) is 15.7. The molecule has 0 saturated carbocycles. The Kier molecular flexibility index (Phi) is 8.74. The summed E-state index contributed by atoms with van der Waals surface area (Å²) in [5.41, 5.74) is 16.4. The summed E-state index contributed by atoms with van der Waals surface area (Å²) in [6, 6.07) is -0.661. The fourth-order valence-corrected chi connectivity index (χ4v) is 1.12. The molecule has 0 aliphatic rings. The molecular weight excluding hydrogens is 244 g/mol. The van der Waals surface area contributed by atoms with Crippen LogP contribution in [0, 0.1) is 10.1 Å². The zero-order chi connectivity index (χ0) is 13.8. The summed E-state index contributed by atoms with van der Waals surface area (Å²) in [5, 5.41) is 17.6. The van der Waals surface area contributed by atoms with Gasteiger partial charge in [-0.2, -0.15) is 0 Å². The average Bonchev–Trinajstić information content (AvgIpc) is 2.34. The van der Waals surface area contributed by atoms with Crippen LogP contribution >= 0.6 is 0 Å². The minimum absolute atomic E-state index is 0.0327. The Bertz CT molecular complexity index is 349. The van der Waals surface area contributed by atoms with Crippen LogP contribution < -0.4 is 0 Å². The van der Waals surface area contributed by atoms with Crippen LogP contribution in [0.4, 0.5) is 0 Å². The van der Waals surface area contributed by atoms with Gasteiger partial charge in [-0.3, -0.25) is 0 Å². The Morgan fingerprint density at radius 3 is 2.72 bits per heavy atom. The lowest BCUT2D eigenvalue weighted by Crippen LogP contribution is -2.37. The SMILES string of the molecule is CCN(CC(COCCN=[N+]=[N-])N=[N+]=[N-])[N+](=O)[O-]. The molecule has 0 rings (SSSR count). The number of hydrazine groups is 1. The van der Waals surface area contributed by atoms with E-state index < -0.39 is 11.1 Å². The fraction of sp³-hybridized carbons (Fsp3) is 1.00. The lowest BCUT2D eigenvalue weighted by molar-refractivity contribution is -0.655. The predicted octanol–water partition coefficient (Wildman–Crippen LogP) is 1.51. The molecule has 0 radical (unpaired) electrons. The van der Waals surface area contributed by atoms with E-state index in [0.717, 1.165) is 5.01 Å². The topological polar surface area (TPSA) is 153 Å². The summed E-state index contributed by atoms with van der Waals surface area (Å²) in [5.74, 6) is 0. The first-order chi connectivity index (χ1) is 8.65. The molecule has 0 aromatic heterocycles. The Morgan fingerprint density at radius 1 is 1.50 bits per heavy atom. The zero-order valence-corrected chi connectivity index (χ0v) is 9.92. The van der Waals surface area contributed by atoms with Gasteiger partial charge >= 0.3 is 0 Å². The van der Waals surface area contributed by atoms with Crippen LogP contribution in [-0.4, -0.2) is 48.9 Å². The van der Waals surface area contributed by atoms with Gasteiger partial charge in [0.1, 0.15) is 0 Å². The summed E-state index contributed by atoms with van der Waals surface area (Å²) < 4.78 is 5.10. The van der Waals surface area contributed by atoms with Crippen molar-refractivity contribution in [3.05, 3.63) is 31.0 Å². The van der Waals surface area contributed by atoms with Crippen molar-refractivity contribution in [2.45, 2.75) is 13.0 Å². The second-order valence-electron chi connectivity index (χ2n) is 3.13. The van der Waals surface area contributed by atoms with E-state index in [1.807, 2.05) is 0 Å². The minimum atomic E-state index is -0.661. The van der Waals surface area contributed by atoms with Crippen molar-refractivity contribution in [2.24, 2.45) is 10.2 Å². The third-order valence-electron chi connectivity index (χ3n) is 1.94. The molecular formula is C7H14N8O3. The highest BCUT2D eigenvalue weighted by Gasteiger charge is 2.18. The Morgan fingerprint density at radius 2 is 2.22 bits per heavy atom. The molecule has 0 aliphatic heterocycles. The summed E-state index contributed by atoms with van der Waals surface area (Å²) in [7, 11) is 0. The maximum atomic E-state index is 10.6. The van der Waals surface area contributed by atoms with E-state index in [-0.39, 0.29) is 32.8 Å². The third-order valence-corrected chi connectivity index (χ3v) is 1.94. The molecule has 18 heavy (non-hydrogen) atoms. The van der Waals surface area contributed by atoms with Crippen molar-refractivity contribution in [2.75, 3.05) is 32.8 Å². The van der Waals surface area contributed by atoms with Gasteiger partial charge in [0.05, 0.1) is 32.3 Å². The van der Waals surface area contributed by atoms with Gasteiger partial charge < -0.3 is 4.74 Å². The first kappa shape index (κ1) is 15.8. The van der Waals surface area contributed by atoms with Crippen LogP contribution in [0.15, 0.2) is 10.2 Å². The van der Waals surface area contributed by atoms with Gasteiger partial charge in [0.2, 0.25) is 0 Å². The molecule has 0 saturated heterocycles. The minimum Gasteiger partial charge on any atom is -0.381 e. The van der Waals surface area contributed by atoms with Gasteiger partial charge in [0.15, 0.2) is 5.03 Å². The smallest absolute Gasteiger partial charge is 0.160 e. The third kappa shape index (κ3) is 7.12. The van der Waals surface area contributed by atoms with Gasteiger partial charge in [-0.05, 0) is 18.0 Å². The molecule has 0 bridgehead atoms. The number of azide groups is 2. The first-order valence-corrected chi connectivity index (χ1v) is 5.17. The van der Waals surface area contributed by atoms with Crippen molar-refractivity contribution in [1.29, 1.82) is 0 Å². The monoisotopic (exact) mass is 258 g/mol. The summed E-state index contributed by atoms with van der Waals surface area (Å²) >= 11 is 0. The molecule has 11 nitrogen and oxygen atoms in total. The zero-order valence-electron chi connectivity index (χ0n) is 9.92. The fourth-order valence-electron chi connectivity index (χ4n) is 1.12. The molecule has 1 atom stereocenters. The first-order valence-electron chi connectivity index (χ1n) is 5.17. The van der Waals surface area contributed by atoms with E-state index in [1.54, 1.807) is 6.92 Å². The van der Waals surface area contributed by atoms with Gasteiger partial charge in [-0.25, -0.2) is 10.1 Å². The molecule has 100 valence electrons. The van der Waals surface area contributed by atoms with E-state index in [9.17, 15) is 10.1 Å². The number of rotatable bonds is 10. The van der Waals surface area contributed by atoms with Crippen LogP contribution in [-0.2, 0) is 4.74 Å². The summed E-state index contributed by atoms with van der Waals surface area (Å²) in [6.07, 6.45) is 0. The maximum absolute atomic E-state index is 10.6. The van der Waals surface area contributed by atoms with Gasteiger partial charge in [-0.1, -0.05) is 10.2 Å². The number of nitro groups is 1. The van der Waals surface area contributed by atoms with Crippen molar-refractivity contribution in [1.82, 2.24) is 5.01 Å². The standard InChI is InChI=1S/C7H14N8O3/c1-2-14(15(16)17)5-7(11-13-9)6-18-4-3-10-12-8/h7H,2-6H2,1H3. The van der Waals surface area contributed by atoms with E-state index in [1.165, 1.54) is 0 Å². The Hall–Kier alpha value is -2.22. The molecule has 1 unspecified atom stereocenters. The summed E-state index contributed by atoms with van der Waals surface area (Å²) in [6.45, 7) is 2.16. The maximum Gasteiger partial charge on any atom is 0.160 e. The van der Waals surface area contributed by atoms with Crippen LogP contribution in [0.3, 0.4) is 0 Å². The van der Waals surface area contributed by atoms with Gasteiger partial charge in [0.25, 0.3) is 0 Å². The highest BCUT2D eigenvalue weighted by atomic mass is 16.7. The highest BCUT2D eigenvalue weighted by molar-refractivity contribution is 4.68. The number of nitrogens with zero attached hydrogens (tertiary/aromatic N) is 8. The van der Waals surface area contributed by atoms with Crippen LogP contribution in [0.1, 0.15) is 6.92 Å². The second-order valence-corrected chi connectivity index (χ2v) is 3.13. The Balaban J connectivity index is 4.17. The van der Waals surface area contributed by atoms with Gasteiger partial charge in [-0.15, -0.1) is 5.01 Å². The molecule has 0 aliphatic carbocycles. The molecule has 0 N–H and O–H groups in total. The molecule has 0 aromatic carbocycles. The molecule has 11 heteroatoms. The van der Waals surface area contributed by atoms with Gasteiger partial charge in [0, 0.05) is 16.4 Å². The van der Waals surface area contributed by atoms with Crippen molar-refractivity contribution < 1.29 is 9.77 Å². The quantitative estimate of drug-likeness (QED) is 0.145. The molecule has 0 fully saturated rings. The molecule has 0 aromatic rings. The Labute approximate surface area is 103 Å². The van der Waals surface area contributed by atoms with E-state index in [0.29, 0.717) is 0 Å². The van der Waals surface area contributed by atoms with Crippen molar-refractivity contribution >= 4 is 0 Å². The van der Waals surface area contributed by atoms with Crippen LogP contribution in [0.25, 0.3) is 20.9 Å². The predicted molar refractivity (Wildman–Crippen MR) is 62.0 cm³/mol. The van der Waals surface area contributed by atoms with Crippen molar-refractivity contribution in [3.8, 4) is 0 Å². The molecule has 0 spiro atoms. The number of hydrogen-bond acceptors (Lipinski definition) is 5. The van der Waals surface area contributed by atoms with Crippen LogP contribution in [0.2, 0.25) is 0 Å². The van der Waals surface area contributed by atoms with E-state index >= 15 is 0 Å². The number of likely N-dealkylation sites (N-methyl/N-ethyl adjacent to an activating group) is 1. The van der Waals surface area contributed by atoms with Crippen molar-refractivity contribution in [3.63, 3.8) is 0 Å². The number of hydrogen-bond donors (Lipinski definition) is 0. The number of ether oxygens (including phenoxy) is 1. The van der Waals surface area contributed by atoms with E-state index in [2.05, 4.69) is 20.1 Å². The van der Waals surface area contributed by atoms with Crippen LogP contribution in [0.5, 0.6) is 0 Å². The van der Waals surface area contributed by atoms with E-state index in [4.69, 9.17) is 15.8 Å². The molecule has 0 amide bonds. The lowest BCUT2D eigenvalue weighted by atomic mass is 10.3. The second kappa shape index (κ2) is 9.97. The molecule has 0 heterocycles. The lowest BCUT2D eigenvalue weighted by Gasteiger charge is -2.16. The highest BCUT2D eigenvalue weighted by Crippen LogP contribution is 1.99. The normalized spacial score (nSPS) is 10.9. The largest absolute Gasteiger partial charge is 0.381 e. The average molecular weight is 258 g/mol.